The van der Waals surface area contributed by atoms with E-state index in [-0.39, 0.29) is 73.7 Å². The van der Waals surface area contributed by atoms with E-state index in [9.17, 15) is 23.2 Å². The number of rotatable bonds is 17. The van der Waals surface area contributed by atoms with Crippen molar-refractivity contribution in [3.63, 3.8) is 0 Å². The molecule has 442 valence electrons. The summed E-state index contributed by atoms with van der Waals surface area (Å²) in [5.74, 6) is 0.242. The lowest BCUT2D eigenvalue weighted by Gasteiger charge is -2.31. The van der Waals surface area contributed by atoms with Crippen LogP contribution in [0, 0.1) is 18.7 Å². The number of hydrogen-bond acceptors (Lipinski definition) is 13. The first kappa shape index (κ1) is 55.8. The summed E-state index contributed by atoms with van der Waals surface area (Å²) in [5.41, 5.74) is 7.13. The summed E-state index contributed by atoms with van der Waals surface area (Å²) in [6, 6.07) is 17.6. The second-order valence-electron chi connectivity index (χ2n) is 23.5. The minimum atomic E-state index is -2.54. The average Bonchev–Trinajstić information content (AvgIpc) is 1.87. The van der Waals surface area contributed by atoms with Crippen LogP contribution in [0.15, 0.2) is 84.0 Å². The molecular weight excluding hydrogens is 1090 g/mol. The molecule has 4 aromatic carbocycles. The maximum absolute atomic E-state index is 16.2. The number of aromatic amines is 2. The van der Waals surface area contributed by atoms with Gasteiger partial charge in [0.1, 0.15) is 48.5 Å². The number of nitrogens with zero attached hydrogens (tertiary/aromatic N) is 9. The molecule has 19 nitrogen and oxygen atoms in total. The van der Waals surface area contributed by atoms with Gasteiger partial charge in [-0.1, -0.05) is 57.7 Å². The van der Waals surface area contributed by atoms with E-state index in [1.165, 1.54) is 16.9 Å². The fourth-order valence-electron chi connectivity index (χ4n) is 13.2. The predicted molar refractivity (Wildman–Crippen MR) is 316 cm³/mol. The number of amides is 2. The number of carbonyl (C=O) groups excluding carboxylic acids is 2. The Kier molecular flexibility index (Phi) is 14.8. The molecule has 5 aliphatic rings. The molecule has 4 atom stereocenters. The van der Waals surface area contributed by atoms with Crippen LogP contribution in [0.1, 0.15) is 100 Å². The normalized spacial score (nSPS) is 19.3. The molecule has 4 saturated heterocycles. The van der Waals surface area contributed by atoms with Crippen LogP contribution in [0.3, 0.4) is 0 Å². The van der Waals surface area contributed by atoms with E-state index in [4.69, 9.17) is 29.3 Å². The fourth-order valence-corrected chi connectivity index (χ4v) is 13.2. The van der Waals surface area contributed by atoms with Crippen LogP contribution in [-0.2, 0) is 34.0 Å². The van der Waals surface area contributed by atoms with E-state index >= 15 is 4.39 Å². The summed E-state index contributed by atoms with van der Waals surface area (Å²) in [4.78, 5) is 60.2. The van der Waals surface area contributed by atoms with Crippen molar-refractivity contribution in [2.24, 2.45) is 5.92 Å². The Morgan fingerprint density at radius 2 is 1.72 bits per heavy atom. The average molecular weight is 1160 g/mol. The first-order valence-electron chi connectivity index (χ1n) is 29.2. The molecule has 5 fully saturated rings. The van der Waals surface area contributed by atoms with E-state index < -0.39 is 30.6 Å². The standard InChI is InChI=1S/C62H64F3N13O6.CH4/c1-32(2)56(61(81)75-18-4-5-50(75)59(79)67-25-34-6-9-37(10-7-34)49-14-17-69-77(49)30-51(64)65)78-29-45-41-13-8-35(21-47(41)70-60(80)55(45)74-78)31-83-57-53(52-33(3)46(63)24-48-44(52)27-68-73-48)42(36-11-12-36)23-43-54(57)71-62(84-40-15-19-82-20-16-40)72-58(43)76-28-38-22-39(76)26-66-38;/h6-10,13-14,17,21,23-24,27,29,32,36,38-40,50-51,56,66H,4-5,11-12,15-16,18-20,22,25-26,28,30-31H2,1-3H3,(H,67,79)(H,68,73)(H,70,80);1H4. The Bertz CT molecular complexity index is 4090. The highest BCUT2D eigenvalue weighted by atomic mass is 19.3. The maximum atomic E-state index is 16.2. The minimum absolute atomic E-state index is 0. The molecule has 4 N–H and O–H groups in total. The number of alkyl halides is 2. The van der Waals surface area contributed by atoms with Gasteiger partial charge in [0.05, 0.1) is 30.6 Å². The van der Waals surface area contributed by atoms with E-state index in [1.807, 2.05) is 44.2 Å². The smallest absolute Gasteiger partial charge is 0.319 e. The van der Waals surface area contributed by atoms with Crippen molar-refractivity contribution in [1.82, 2.24) is 60.2 Å². The highest BCUT2D eigenvalue weighted by molar-refractivity contribution is 6.07. The number of anilines is 1. The van der Waals surface area contributed by atoms with Crippen LogP contribution in [0.5, 0.6) is 11.8 Å². The summed E-state index contributed by atoms with van der Waals surface area (Å²) in [6.45, 7) is 8.51. The lowest BCUT2D eigenvalue weighted by molar-refractivity contribution is -0.142. The number of halogens is 3. The zero-order valence-corrected chi connectivity index (χ0v) is 46.8. The van der Waals surface area contributed by atoms with Crippen LogP contribution in [-0.4, -0.2) is 125 Å². The van der Waals surface area contributed by atoms with Crippen molar-refractivity contribution in [2.45, 2.75) is 135 Å². The molecule has 9 heterocycles. The third-order valence-electron chi connectivity index (χ3n) is 17.6. The molecule has 2 amide bonds. The topological polar surface area (TPSA) is 215 Å². The number of pyridine rings is 1. The molecule has 4 aliphatic heterocycles. The van der Waals surface area contributed by atoms with E-state index in [0.29, 0.717) is 101 Å². The zero-order chi connectivity index (χ0) is 57.5. The molecule has 1 saturated carbocycles. The fraction of sp³-hybridized carbons (Fsp3) is 0.429. The minimum Gasteiger partial charge on any atom is -0.486 e. The highest BCUT2D eigenvalue weighted by Crippen LogP contribution is 2.54. The summed E-state index contributed by atoms with van der Waals surface area (Å²) in [7, 11) is 0. The van der Waals surface area contributed by atoms with Gasteiger partial charge in [-0.2, -0.15) is 25.3 Å². The van der Waals surface area contributed by atoms with E-state index in [0.717, 1.165) is 76.8 Å². The number of piperazine rings is 1. The molecule has 4 unspecified atom stereocenters. The maximum Gasteiger partial charge on any atom is 0.319 e. The van der Waals surface area contributed by atoms with Gasteiger partial charge >= 0.3 is 6.01 Å². The van der Waals surface area contributed by atoms with Crippen molar-refractivity contribution in [3.05, 3.63) is 118 Å². The SMILES string of the molecule is C.Cc1c(F)cc2[nH]ncc2c1-c1c(C2CC2)cc2c(N3CC4CC3CN4)nc(OC3CCOCC3)nc2c1OCc1ccc2c(c1)[nH]c(=O)c1nn(C(C(=O)N3CCCC3C(=O)NCc3ccc(-c4ccnn4CC(F)F)cc3)C(C)C)cc12. The number of benzene rings is 4. The Balaban J connectivity index is 0.00000672. The van der Waals surface area contributed by atoms with Gasteiger partial charge in [-0.3, -0.25) is 28.8 Å². The number of fused-ring (bicyclic) bond motifs is 7. The van der Waals surface area contributed by atoms with E-state index in [1.54, 1.807) is 47.1 Å². The van der Waals surface area contributed by atoms with Crippen LogP contribution in [0.2, 0.25) is 0 Å². The molecule has 9 aromatic rings. The van der Waals surface area contributed by atoms with Crippen molar-refractivity contribution >= 4 is 61.2 Å². The molecule has 5 aromatic heterocycles. The molecule has 85 heavy (non-hydrogen) atoms. The van der Waals surface area contributed by atoms with Gasteiger partial charge in [-0.25, -0.2) is 13.2 Å². The number of hydrogen-bond donors (Lipinski definition) is 4. The number of ether oxygens (including phenoxy) is 3. The van der Waals surface area contributed by atoms with E-state index in [2.05, 4.69) is 41.9 Å². The van der Waals surface area contributed by atoms with Gasteiger partial charge in [0, 0.05) is 102 Å². The quantitative estimate of drug-likeness (QED) is 0.0669. The van der Waals surface area contributed by atoms with Crippen LogP contribution >= 0.6 is 0 Å². The molecule has 22 heteroatoms. The van der Waals surface area contributed by atoms with Crippen LogP contribution in [0.25, 0.3) is 66.0 Å². The Morgan fingerprint density at radius 1 is 0.906 bits per heavy atom. The van der Waals surface area contributed by atoms with Gasteiger partial charge in [0.2, 0.25) is 11.8 Å². The van der Waals surface area contributed by atoms with Crippen LogP contribution in [0.4, 0.5) is 19.0 Å². The summed E-state index contributed by atoms with van der Waals surface area (Å²) >= 11 is 0. The number of nitrogens with one attached hydrogen (secondary N) is 4. The van der Waals surface area contributed by atoms with Crippen LogP contribution < -0.4 is 30.6 Å². The Labute approximate surface area is 487 Å². The second kappa shape index (κ2) is 22.6. The molecule has 0 radical (unpaired) electrons. The van der Waals surface area contributed by atoms with Gasteiger partial charge in [0.15, 0.2) is 11.3 Å². The highest BCUT2D eigenvalue weighted by Gasteiger charge is 2.42. The van der Waals surface area contributed by atoms with Crippen molar-refractivity contribution in [2.75, 3.05) is 37.7 Å². The Morgan fingerprint density at radius 3 is 2.47 bits per heavy atom. The van der Waals surface area contributed by atoms with Crippen molar-refractivity contribution in [1.29, 1.82) is 0 Å². The predicted octanol–water partition coefficient (Wildman–Crippen LogP) is 9.65. The zero-order valence-electron chi connectivity index (χ0n) is 46.8. The molecule has 2 bridgehead atoms. The lowest BCUT2D eigenvalue weighted by Crippen LogP contribution is -2.48. The second-order valence-corrected chi connectivity index (χ2v) is 23.5. The summed E-state index contributed by atoms with van der Waals surface area (Å²) in [6.07, 6.45) is 7.71. The largest absolute Gasteiger partial charge is 0.486 e. The number of H-pyrrole nitrogens is 2. The van der Waals surface area contributed by atoms with Gasteiger partial charge < -0.3 is 39.6 Å². The number of carbonyl (C=O) groups is 2. The Hall–Kier alpha value is -8.37. The summed E-state index contributed by atoms with van der Waals surface area (Å²) < 4.78 is 64.9. The first-order valence-corrected chi connectivity index (χ1v) is 29.2. The van der Waals surface area contributed by atoms with Gasteiger partial charge in [-0.05, 0) is 103 Å². The molecule has 0 spiro atoms. The monoisotopic (exact) mass is 1160 g/mol. The molecule has 14 rings (SSSR count). The number of aromatic nitrogens is 9. The third-order valence-corrected chi connectivity index (χ3v) is 17.6. The van der Waals surface area contributed by atoms with Crippen molar-refractivity contribution in [3.8, 4) is 34.1 Å². The lowest BCUT2D eigenvalue weighted by atomic mass is 9.88. The molecular formula is C63H68F3N13O6. The third kappa shape index (κ3) is 10.4. The first-order chi connectivity index (χ1) is 40.8. The van der Waals surface area contributed by atoms with Crippen molar-refractivity contribution < 1.29 is 37.0 Å². The number of likely N-dealkylation sites (tertiary alicyclic amines) is 1. The molecule has 1 aliphatic carbocycles. The van der Waals surface area contributed by atoms with Gasteiger partial charge in [-0.15, -0.1) is 0 Å². The van der Waals surface area contributed by atoms with Gasteiger partial charge in [0.25, 0.3) is 12.0 Å². The summed E-state index contributed by atoms with van der Waals surface area (Å²) in [5, 5.41) is 25.7.